The first-order valence-corrected chi connectivity index (χ1v) is 10.2. The van der Waals surface area contributed by atoms with Gasteiger partial charge in [-0.25, -0.2) is 0 Å². The Bertz CT molecular complexity index is 829. The highest BCUT2D eigenvalue weighted by atomic mass is 35.5. The molecule has 0 aromatic heterocycles. The maximum atomic E-state index is 13.1. The molecular formula is C23H30Cl2F3N3. The Morgan fingerprint density at radius 3 is 2.16 bits per heavy atom. The molecule has 2 aliphatic rings. The summed E-state index contributed by atoms with van der Waals surface area (Å²) < 4.78 is 39.2. The van der Waals surface area contributed by atoms with Gasteiger partial charge in [0.2, 0.25) is 0 Å². The summed E-state index contributed by atoms with van der Waals surface area (Å²) in [7, 11) is 2.02. The molecule has 0 spiro atoms. The fourth-order valence-corrected chi connectivity index (χ4v) is 4.96. The van der Waals surface area contributed by atoms with Crippen molar-refractivity contribution in [1.29, 1.82) is 0 Å². The molecule has 1 aliphatic heterocycles. The second-order valence-electron chi connectivity index (χ2n) is 8.45. The van der Waals surface area contributed by atoms with Gasteiger partial charge in [0, 0.05) is 44.8 Å². The average molecular weight is 476 g/mol. The van der Waals surface area contributed by atoms with Gasteiger partial charge in [0.1, 0.15) is 0 Å². The van der Waals surface area contributed by atoms with Crippen LogP contribution in [0.4, 0.5) is 13.2 Å². The predicted octanol–water partition coefficient (Wildman–Crippen LogP) is 4.42. The Balaban J connectivity index is 0.00000171. The smallest absolute Gasteiger partial charge is 0.314 e. The molecule has 2 aromatic carbocycles. The number of likely N-dealkylation sites (N-methyl/N-ethyl adjacent to an activating group) is 1. The molecule has 2 aromatic rings. The molecule has 1 heterocycles. The number of alkyl halides is 3. The molecule has 0 radical (unpaired) electrons. The van der Waals surface area contributed by atoms with E-state index in [1.165, 1.54) is 23.3 Å². The highest BCUT2D eigenvalue weighted by Gasteiger charge is 2.43. The highest BCUT2D eigenvalue weighted by Crippen LogP contribution is 2.36. The molecule has 8 heteroatoms. The number of rotatable bonds is 5. The molecule has 172 valence electrons. The molecule has 0 amide bonds. The van der Waals surface area contributed by atoms with E-state index in [1.807, 2.05) is 7.05 Å². The minimum Gasteiger partial charge on any atom is -0.314 e. The number of nitrogens with zero attached hydrogens (tertiary/aromatic N) is 2. The van der Waals surface area contributed by atoms with E-state index in [9.17, 15) is 13.2 Å². The molecule has 0 bridgehead atoms. The molecule has 1 saturated heterocycles. The molecule has 31 heavy (non-hydrogen) atoms. The summed E-state index contributed by atoms with van der Waals surface area (Å²) in [6.07, 6.45) is -2.31. The number of hydrogen-bond donors (Lipinski definition) is 1. The molecule has 4 rings (SSSR count). The molecular weight excluding hydrogens is 446 g/mol. The van der Waals surface area contributed by atoms with Crippen LogP contribution in [0.25, 0.3) is 0 Å². The third-order valence-corrected chi connectivity index (χ3v) is 6.22. The number of nitrogens with one attached hydrogen (secondary N) is 1. The van der Waals surface area contributed by atoms with Gasteiger partial charge < -0.3 is 10.2 Å². The van der Waals surface area contributed by atoms with Crippen molar-refractivity contribution in [3.63, 3.8) is 0 Å². The summed E-state index contributed by atoms with van der Waals surface area (Å²) in [6, 6.07) is 14.3. The molecule has 1 aliphatic carbocycles. The zero-order valence-corrected chi connectivity index (χ0v) is 19.3. The van der Waals surface area contributed by atoms with Crippen LogP contribution in [0, 0.1) is 0 Å². The van der Waals surface area contributed by atoms with Gasteiger partial charge in [0.15, 0.2) is 0 Å². The summed E-state index contributed by atoms with van der Waals surface area (Å²) in [6.45, 7) is 5.31. The lowest BCUT2D eigenvalue weighted by molar-refractivity contribution is -0.137. The van der Waals surface area contributed by atoms with Crippen molar-refractivity contribution in [3.05, 3.63) is 70.8 Å². The van der Waals surface area contributed by atoms with Crippen LogP contribution < -0.4 is 5.32 Å². The van der Waals surface area contributed by atoms with Crippen LogP contribution in [0.5, 0.6) is 0 Å². The Morgan fingerprint density at radius 2 is 1.58 bits per heavy atom. The maximum Gasteiger partial charge on any atom is 0.416 e. The van der Waals surface area contributed by atoms with E-state index < -0.39 is 11.7 Å². The minimum absolute atomic E-state index is 0. The molecule has 0 saturated carbocycles. The highest BCUT2D eigenvalue weighted by molar-refractivity contribution is 5.85. The summed E-state index contributed by atoms with van der Waals surface area (Å²) in [5, 5.41) is 3.43. The number of halogens is 5. The minimum atomic E-state index is -4.30. The van der Waals surface area contributed by atoms with E-state index in [0.717, 1.165) is 51.6 Å². The van der Waals surface area contributed by atoms with Crippen molar-refractivity contribution < 1.29 is 13.2 Å². The van der Waals surface area contributed by atoms with Gasteiger partial charge >= 0.3 is 6.18 Å². The average Bonchev–Trinajstić information content (AvgIpc) is 3.07. The maximum absolute atomic E-state index is 13.1. The summed E-state index contributed by atoms with van der Waals surface area (Å²) in [5.74, 6) is 0. The first-order valence-electron chi connectivity index (χ1n) is 10.2. The molecule has 3 nitrogen and oxygen atoms in total. The van der Waals surface area contributed by atoms with Gasteiger partial charge in [-0.2, -0.15) is 13.2 Å². The van der Waals surface area contributed by atoms with Gasteiger partial charge in [-0.15, -0.1) is 24.8 Å². The van der Waals surface area contributed by atoms with Gasteiger partial charge in [-0.3, -0.25) is 4.90 Å². The van der Waals surface area contributed by atoms with Gasteiger partial charge in [0.25, 0.3) is 0 Å². The monoisotopic (exact) mass is 475 g/mol. The van der Waals surface area contributed by atoms with Gasteiger partial charge in [0.05, 0.1) is 5.56 Å². The number of hydrogen-bond acceptors (Lipinski definition) is 3. The lowest BCUT2D eigenvalue weighted by Gasteiger charge is -2.45. The normalized spacial score (nSPS) is 18.2. The third kappa shape index (κ3) is 5.93. The third-order valence-electron chi connectivity index (χ3n) is 6.22. The molecule has 1 fully saturated rings. The standard InChI is InChI=1S/C23H28F3N3.2ClH/c1-28(16-18-5-4-8-21(13-18)23(24,25)26)17-22(29-11-9-27-10-12-29)14-19-6-2-3-7-20(19)15-22;;/h2-8,13,27H,9-12,14-17H2,1H3;2*1H. The van der Waals surface area contributed by atoms with E-state index in [2.05, 4.69) is 39.4 Å². The lowest BCUT2D eigenvalue weighted by atomic mass is 9.91. The quantitative estimate of drug-likeness (QED) is 0.690. The lowest BCUT2D eigenvalue weighted by Crippen LogP contribution is -2.61. The van der Waals surface area contributed by atoms with Crippen LogP contribution in [0.3, 0.4) is 0 Å². The first-order chi connectivity index (χ1) is 13.9. The van der Waals surface area contributed by atoms with E-state index in [4.69, 9.17) is 0 Å². The Kier molecular flexibility index (Phi) is 8.82. The zero-order valence-electron chi connectivity index (χ0n) is 17.6. The van der Waals surface area contributed by atoms with Gasteiger partial charge in [-0.05, 0) is 42.6 Å². The first kappa shape index (κ1) is 25.9. The van der Waals surface area contributed by atoms with Gasteiger partial charge in [-0.1, -0.05) is 42.5 Å². The van der Waals surface area contributed by atoms with Crippen molar-refractivity contribution in [3.8, 4) is 0 Å². The van der Waals surface area contributed by atoms with Crippen LogP contribution in [0.1, 0.15) is 22.3 Å². The second kappa shape index (κ2) is 10.5. The number of benzene rings is 2. The molecule has 0 unspecified atom stereocenters. The SMILES string of the molecule is CN(Cc1cccc(C(F)(F)F)c1)CC1(N2CCNCC2)Cc2ccccc2C1.Cl.Cl. The topological polar surface area (TPSA) is 18.5 Å². The zero-order chi connectivity index (χ0) is 20.5. The molecule has 1 N–H and O–H groups in total. The van der Waals surface area contributed by atoms with Crippen molar-refractivity contribution in [1.82, 2.24) is 15.1 Å². The van der Waals surface area contributed by atoms with Crippen LogP contribution in [-0.4, -0.2) is 55.1 Å². The summed E-state index contributed by atoms with van der Waals surface area (Å²) >= 11 is 0. The van der Waals surface area contributed by atoms with E-state index in [1.54, 1.807) is 6.07 Å². The fourth-order valence-electron chi connectivity index (χ4n) is 4.96. The van der Waals surface area contributed by atoms with E-state index >= 15 is 0 Å². The Hall–Kier alpha value is -1.31. The fraction of sp³-hybridized carbons (Fsp3) is 0.478. The number of piperazine rings is 1. The number of fused-ring (bicyclic) bond motifs is 1. The van der Waals surface area contributed by atoms with Crippen molar-refractivity contribution in [2.45, 2.75) is 31.1 Å². The van der Waals surface area contributed by atoms with Crippen LogP contribution in [0.15, 0.2) is 48.5 Å². The predicted molar refractivity (Wildman–Crippen MR) is 123 cm³/mol. The van der Waals surface area contributed by atoms with Crippen LogP contribution in [-0.2, 0) is 25.6 Å². The van der Waals surface area contributed by atoms with Crippen molar-refractivity contribution in [2.75, 3.05) is 39.8 Å². The second-order valence-corrected chi connectivity index (χ2v) is 8.45. The molecule has 0 atom stereocenters. The van der Waals surface area contributed by atoms with Crippen molar-refractivity contribution >= 4 is 24.8 Å². The van der Waals surface area contributed by atoms with E-state index in [0.29, 0.717) is 12.1 Å². The van der Waals surface area contributed by atoms with E-state index in [-0.39, 0.29) is 30.4 Å². The summed E-state index contributed by atoms with van der Waals surface area (Å²) in [4.78, 5) is 4.77. The Labute approximate surface area is 194 Å². The van der Waals surface area contributed by atoms with Crippen LogP contribution >= 0.6 is 24.8 Å². The Morgan fingerprint density at radius 1 is 0.968 bits per heavy atom. The summed E-state index contributed by atoms with van der Waals surface area (Å²) in [5.41, 5.74) is 2.93. The van der Waals surface area contributed by atoms with Crippen LogP contribution in [0.2, 0.25) is 0 Å². The largest absolute Gasteiger partial charge is 0.416 e. The van der Waals surface area contributed by atoms with Crippen molar-refractivity contribution in [2.24, 2.45) is 0 Å².